The first kappa shape index (κ1) is 19.4. The highest BCUT2D eigenvalue weighted by Gasteiger charge is 2.19. The molecule has 0 aliphatic carbocycles. The fourth-order valence-electron chi connectivity index (χ4n) is 2.76. The van der Waals surface area contributed by atoms with Crippen LogP contribution in [-0.2, 0) is 11.3 Å². The molecule has 0 N–H and O–H groups in total. The molecule has 144 valence electrons. The van der Waals surface area contributed by atoms with Crippen molar-refractivity contribution in [2.75, 3.05) is 6.61 Å². The Labute approximate surface area is 160 Å². The van der Waals surface area contributed by atoms with Crippen LogP contribution in [0.5, 0.6) is 0 Å². The van der Waals surface area contributed by atoms with Crippen molar-refractivity contribution in [1.29, 1.82) is 0 Å². The van der Waals surface area contributed by atoms with Gasteiger partial charge in [0.15, 0.2) is 18.1 Å². The van der Waals surface area contributed by atoms with Crippen LogP contribution in [0.4, 0.5) is 4.39 Å². The van der Waals surface area contributed by atoms with Gasteiger partial charge < -0.3 is 4.74 Å². The van der Waals surface area contributed by atoms with Crippen molar-refractivity contribution >= 4 is 22.5 Å². The lowest BCUT2D eigenvalue weighted by atomic mass is 10.1. The molecule has 1 heterocycles. The fourth-order valence-corrected chi connectivity index (χ4v) is 2.76. The lowest BCUT2D eigenvalue weighted by molar-refractivity contribution is 0.0468. The number of nitrogens with zero attached hydrogens (tertiary/aromatic N) is 2. The highest BCUT2D eigenvalue weighted by Crippen LogP contribution is 2.15. The van der Waals surface area contributed by atoms with Crippen molar-refractivity contribution in [3.8, 4) is 0 Å². The van der Waals surface area contributed by atoms with Crippen molar-refractivity contribution < 1.29 is 18.7 Å². The second kappa shape index (κ2) is 8.56. The number of carbonyl (C=O) groups is 2. The second-order valence-corrected chi connectivity index (χ2v) is 6.28. The van der Waals surface area contributed by atoms with Crippen LogP contribution < -0.4 is 5.56 Å². The number of ketones is 1. The van der Waals surface area contributed by atoms with Gasteiger partial charge in [0.2, 0.25) is 0 Å². The first-order valence-electron chi connectivity index (χ1n) is 8.97. The number of aryl methyl sites for hydroxylation is 1. The third kappa shape index (κ3) is 4.14. The van der Waals surface area contributed by atoms with Crippen molar-refractivity contribution in [3.05, 3.63) is 76.0 Å². The molecule has 0 radical (unpaired) electrons. The topological polar surface area (TPSA) is 78.3 Å². The normalized spacial score (nSPS) is 10.8. The Morgan fingerprint density at radius 1 is 1.07 bits per heavy atom. The van der Waals surface area contributed by atoms with Crippen LogP contribution in [0.3, 0.4) is 0 Å². The van der Waals surface area contributed by atoms with Gasteiger partial charge in [-0.05, 0) is 36.8 Å². The van der Waals surface area contributed by atoms with E-state index in [9.17, 15) is 18.8 Å². The summed E-state index contributed by atoms with van der Waals surface area (Å²) in [5, 5.41) is 4.91. The van der Waals surface area contributed by atoms with Gasteiger partial charge in [0.05, 0.1) is 5.39 Å². The summed E-state index contributed by atoms with van der Waals surface area (Å²) in [5.41, 5.74) is -0.0545. The van der Waals surface area contributed by atoms with E-state index in [-0.39, 0.29) is 16.8 Å². The van der Waals surface area contributed by atoms with Gasteiger partial charge in [-0.3, -0.25) is 9.59 Å². The number of rotatable bonds is 7. The van der Waals surface area contributed by atoms with Gasteiger partial charge in [0.1, 0.15) is 5.82 Å². The van der Waals surface area contributed by atoms with Gasteiger partial charge >= 0.3 is 5.97 Å². The molecule has 7 heteroatoms. The molecule has 0 fully saturated rings. The van der Waals surface area contributed by atoms with Crippen LogP contribution in [0.2, 0.25) is 0 Å². The van der Waals surface area contributed by atoms with Crippen molar-refractivity contribution in [1.82, 2.24) is 9.78 Å². The summed E-state index contributed by atoms with van der Waals surface area (Å²) in [6.07, 6.45) is 1.61. The Bertz CT molecular complexity index is 1070. The lowest BCUT2D eigenvalue weighted by Gasteiger charge is -2.10. The molecular weight excluding hydrogens is 363 g/mol. The highest BCUT2D eigenvalue weighted by molar-refractivity contribution is 6.04. The summed E-state index contributed by atoms with van der Waals surface area (Å²) in [7, 11) is 0. The van der Waals surface area contributed by atoms with E-state index in [1.165, 1.54) is 16.8 Å². The maximum atomic E-state index is 13.0. The molecule has 1 aromatic heterocycles. The zero-order valence-corrected chi connectivity index (χ0v) is 15.4. The predicted molar refractivity (Wildman–Crippen MR) is 102 cm³/mol. The first-order chi connectivity index (χ1) is 13.5. The Balaban J connectivity index is 1.86. The van der Waals surface area contributed by atoms with Gasteiger partial charge in [-0.2, -0.15) is 5.10 Å². The summed E-state index contributed by atoms with van der Waals surface area (Å²) < 4.78 is 19.3. The van der Waals surface area contributed by atoms with Gasteiger partial charge in [0, 0.05) is 17.5 Å². The summed E-state index contributed by atoms with van der Waals surface area (Å²) in [5.74, 6) is -1.72. The zero-order valence-electron chi connectivity index (χ0n) is 15.4. The molecule has 0 amide bonds. The van der Waals surface area contributed by atoms with E-state index < -0.39 is 24.2 Å². The standard InChI is InChI=1S/C21H19FN2O4/c1-2-3-12-24-20(26)17-7-5-4-6-16(17)19(23-24)21(27)28-13-18(25)14-8-10-15(22)11-9-14/h4-11H,2-3,12-13H2,1H3. The molecule has 0 bridgehead atoms. The minimum absolute atomic E-state index is 0.0155. The molecule has 0 spiro atoms. The van der Waals surface area contributed by atoms with Gasteiger partial charge in [-0.25, -0.2) is 13.9 Å². The average Bonchev–Trinajstić information content (AvgIpc) is 2.72. The Morgan fingerprint density at radius 3 is 2.43 bits per heavy atom. The Morgan fingerprint density at radius 2 is 1.75 bits per heavy atom. The maximum absolute atomic E-state index is 13.0. The van der Waals surface area contributed by atoms with Gasteiger partial charge in [0.25, 0.3) is 5.56 Å². The van der Waals surface area contributed by atoms with Crippen molar-refractivity contribution in [2.24, 2.45) is 0 Å². The zero-order chi connectivity index (χ0) is 20.1. The van der Waals surface area contributed by atoms with Crippen LogP contribution >= 0.6 is 0 Å². The molecule has 0 unspecified atom stereocenters. The number of ether oxygens (including phenoxy) is 1. The molecule has 6 nitrogen and oxygen atoms in total. The molecule has 0 saturated heterocycles. The molecule has 2 aromatic carbocycles. The summed E-state index contributed by atoms with van der Waals surface area (Å²) in [4.78, 5) is 37.3. The minimum atomic E-state index is -0.795. The Kier molecular flexibility index (Phi) is 5.93. The predicted octanol–water partition coefficient (Wildman–Crippen LogP) is 3.38. The largest absolute Gasteiger partial charge is 0.452 e. The highest BCUT2D eigenvalue weighted by atomic mass is 19.1. The SMILES string of the molecule is CCCCn1nc(C(=O)OCC(=O)c2ccc(F)cc2)c2ccccc2c1=O. The number of hydrogen-bond acceptors (Lipinski definition) is 5. The molecule has 0 saturated carbocycles. The van der Waals surface area contributed by atoms with E-state index in [2.05, 4.69) is 5.10 Å². The Hall–Kier alpha value is -3.35. The van der Waals surface area contributed by atoms with Crippen LogP contribution in [0.15, 0.2) is 53.3 Å². The number of fused-ring (bicyclic) bond motifs is 1. The molecule has 28 heavy (non-hydrogen) atoms. The van der Waals surface area contributed by atoms with Crippen LogP contribution in [0.1, 0.15) is 40.6 Å². The number of Topliss-reactive ketones (excluding diaryl/α,β-unsaturated/α-hetero) is 1. The first-order valence-corrected chi connectivity index (χ1v) is 8.97. The number of benzene rings is 2. The second-order valence-electron chi connectivity index (χ2n) is 6.28. The van der Waals surface area contributed by atoms with Gasteiger partial charge in [-0.1, -0.05) is 31.5 Å². The van der Waals surface area contributed by atoms with Crippen LogP contribution in [-0.4, -0.2) is 28.1 Å². The van der Waals surface area contributed by atoms with E-state index in [0.717, 1.165) is 25.0 Å². The maximum Gasteiger partial charge on any atom is 0.359 e. The monoisotopic (exact) mass is 382 g/mol. The third-order valence-corrected chi connectivity index (χ3v) is 4.29. The van der Waals surface area contributed by atoms with E-state index >= 15 is 0 Å². The quantitative estimate of drug-likeness (QED) is 0.462. The number of carbonyl (C=O) groups excluding carboxylic acids is 2. The minimum Gasteiger partial charge on any atom is -0.452 e. The number of aromatic nitrogens is 2. The van der Waals surface area contributed by atoms with Crippen molar-refractivity contribution in [2.45, 2.75) is 26.3 Å². The number of esters is 1. The molecule has 0 atom stereocenters. The lowest BCUT2D eigenvalue weighted by Crippen LogP contribution is -2.27. The molecule has 0 aliphatic rings. The summed E-state index contributed by atoms with van der Waals surface area (Å²) >= 11 is 0. The fraction of sp³-hybridized carbons (Fsp3) is 0.238. The smallest absolute Gasteiger partial charge is 0.359 e. The summed E-state index contributed by atoms with van der Waals surface area (Å²) in [6.45, 7) is 1.87. The summed E-state index contributed by atoms with van der Waals surface area (Å²) in [6, 6.07) is 11.6. The average molecular weight is 382 g/mol. The van der Waals surface area contributed by atoms with E-state index in [0.29, 0.717) is 17.3 Å². The molecule has 3 aromatic rings. The molecule has 3 rings (SSSR count). The van der Waals surface area contributed by atoms with Crippen LogP contribution in [0.25, 0.3) is 10.8 Å². The molecule has 0 aliphatic heterocycles. The van der Waals surface area contributed by atoms with Gasteiger partial charge in [-0.15, -0.1) is 0 Å². The third-order valence-electron chi connectivity index (χ3n) is 4.29. The number of unbranched alkanes of at least 4 members (excludes halogenated alkanes) is 1. The van der Waals surface area contributed by atoms with Crippen molar-refractivity contribution in [3.63, 3.8) is 0 Å². The molecular formula is C21H19FN2O4. The van der Waals surface area contributed by atoms with Crippen LogP contribution in [0, 0.1) is 5.82 Å². The number of halogens is 1. The van der Waals surface area contributed by atoms with E-state index in [4.69, 9.17) is 4.74 Å². The number of hydrogen-bond donors (Lipinski definition) is 0. The van der Waals surface area contributed by atoms with E-state index in [1.807, 2.05) is 6.92 Å². The van der Waals surface area contributed by atoms with E-state index in [1.54, 1.807) is 24.3 Å².